The van der Waals surface area contributed by atoms with Gasteiger partial charge in [0.05, 0.1) is 30.5 Å². The fourth-order valence-corrected chi connectivity index (χ4v) is 4.34. The van der Waals surface area contributed by atoms with E-state index in [1.807, 2.05) is 6.92 Å². The standard InChI is InChI=1S/C24H25N3O6S/c1-4-27-20(28)14-19(21(29)25-17-10-6-15(7-11-17)22(30)32-3)34-24(27)26-18-12-8-16(9-13-18)23(31)33-5-2/h6-13,19H,4-5,14H2,1-3H3,(H,25,29). The van der Waals surface area contributed by atoms with Gasteiger partial charge in [-0.05, 0) is 62.4 Å². The fourth-order valence-electron chi connectivity index (χ4n) is 3.18. The van der Waals surface area contributed by atoms with Crippen molar-refractivity contribution in [1.29, 1.82) is 0 Å². The van der Waals surface area contributed by atoms with E-state index in [2.05, 4.69) is 15.0 Å². The molecular formula is C24H25N3O6S. The lowest BCUT2D eigenvalue weighted by Gasteiger charge is -2.30. The average Bonchev–Trinajstić information content (AvgIpc) is 2.84. The van der Waals surface area contributed by atoms with Crippen LogP contribution in [0.25, 0.3) is 0 Å². The van der Waals surface area contributed by atoms with Crippen LogP contribution in [0.3, 0.4) is 0 Å². The molecule has 1 heterocycles. The van der Waals surface area contributed by atoms with Crippen LogP contribution in [0.1, 0.15) is 41.0 Å². The Morgan fingerprint density at radius 3 is 2.24 bits per heavy atom. The highest BCUT2D eigenvalue weighted by Crippen LogP contribution is 2.30. The minimum atomic E-state index is -0.673. The zero-order valence-electron chi connectivity index (χ0n) is 19.1. The second kappa shape index (κ2) is 11.5. The lowest BCUT2D eigenvalue weighted by molar-refractivity contribution is -0.129. The molecule has 178 valence electrons. The van der Waals surface area contributed by atoms with E-state index in [-0.39, 0.29) is 24.8 Å². The smallest absolute Gasteiger partial charge is 0.338 e. The average molecular weight is 484 g/mol. The zero-order chi connectivity index (χ0) is 24.7. The maximum Gasteiger partial charge on any atom is 0.338 e. The number of amides is 2. The summed E-state index contributed by atoms with van der Waals surface area (Å²) in [5, 5.41) is 2.51. The van der Waals surface area contributed by atoms with E-state index < -0.39 is 17.2 Å². The molecule has 10 heteroatoms. The predicted molar refractivity (Wildman–Crippen MR) is 129 cm³/mol. The Hall–Kier alpha value is -3.66. The summed E-state index contributed by atoms with van der Waals surface area (Å²) in [5.41, 5.74) is 1.81. The van der Waals surface area contributed by atoms with Gasteiger partial charge in [0.1, 0.15) is 5.25 Å². The number of carbonyl (C=O) groups is 4. The van der Waals surface area contributed by atoms with E-state index in [0.29, 0.717) is 34.2 Å². The maximum atomic E-state index is 12.9. The number of anilines is 1. The van der Waals surface area contributed by atoms with E-state index in [1.54, 1.807) is 55.5 Å². The minimum absolute atomic E-state index is 0.0331. The van der Waals surface area contributed by atoms with Crippen LogP contribution in [0.2, 0.25) is 0 Å². The highest BCUT2D eigenvalue weighted by atomic mass is 32.2. The van der Waals surface area contributed by atoms with Crippen molar-refractivity contribution in [3.8, 4) is 0 Å². The molecule has 0 radical (unpaired) electrons. The number of aliphatic imine (C=N–C) groups is 1. The summed E-state index contributed by atoms with van der Waals surface area (Å²) in [6.07, 6.45) is 0.0331. The van der Waals surface area contributed by atoms with Crippen LogP contribution in [0.15, 0.2) is 53.5 Å². The molecule has 1 unspecified atom stereocenters. The summed E-state index contributed by atoms with van der Waals surface area (Å²) >= 11 is 1.20. The molecular weight excluding hydrogens is 458 g/mol. The number of hydrogen-bond donors (Lipinski definition) is 1. The summed E-state index contributed by atoms with van der Waals surface area (Å²) in [7, 11) is 1.29. The largest absolute Gasteiger partial charge is 0.465 e. The SMILES string of the molecule is CCOC(=O)c1ccc(N=C2SC(C(=O)Nc3ccc(C(=O)OC)cc3)CC(=O)N2CC)cc1. The van der Waals surface area contributed by atoms with Crippen molar-refractivity contribution in [1.82, 2.24) is 4.90 Å². The van der Waals surface area contributed by atoms with Crippen LogP contribution in [-0.2, 0) is 19.1 Å². The molecule has 1 atom stereocenters. The van der Waals surface area contributed by atoms with Crippen LogP contribution in [-0.4, -0.2) is 59.3 Å². The Labute approximate surface area is 201 Å². The number of benzene rings is 2. The normalized spacial score (nSPS) is 16.8. The maximum absolute atomic E-state index is 12.9. The van der Waals surface area contributed by atoms with Crippen LogP contribution in [0, 0.1) is 0 Å². The molecule has 0 aliphatic carbocycles. The van der Waals surface area contributed by atoms with Gasteiger partial charge < -0.3 is 14.8 Å². The van der Waals surface area contributed by atoms with Crippen molar-refractivity contribution in [2.24, 2.45) is 4.99 Å². The number of carbonyl (C=O) groups excluding carboxylic acids is 4. The molecule has 1 saturated heterocycles. The van der Waals surface area contributed by atoms with Crippen molar-refractivity contribution in [3.63, 3.8) is 0 Å². The molecule has 1 N–H and O–H groups in total. The lowest BCUT2D eigenvalue weighted by atomic mass is 10.2. The van der Waals surface area contributed by atoms with E-state index in [9.17, 15) is 19.2 Å². The van der Waals surface area contributed by atoms with E-state index in [4.69, 9.17) is 4.74 Å². The van der Waals surface area contributed by atoms with Crippen molar-refractivity contribution in [2.45, 2.75) is 25.5 Å². The van der Waals surface area contributed by atoms with E-state index >= 15 is 0 Å². The van der Waals surface area contributed by atoms with Gasteiger partial charge in [-0.25, -0.2) is 14.6 Å². The number of nitrogens with zero attached hydrogens (tertiary/aromatic N) is 2. The lowest BCUT2D eigenvalue weighted by Crippen LogP contribution is -2.45. The van der Waals surface area contributed by atoms with Crippen LogP contribution >= 0.6 is 11.8 Å². The number of methoxy groups -OCH3 is 1. The topological polar surface area (TPSA) is 114 Å². The molecule has 0 spiro atoms. The molecule has 0 saturated carbocycles. The number of esters is 2. The van der Waals surface area contributed by atoms with Crippen LogP contribution in [0.5, 0.6) is 0 Å². The summed E-state index contributed by atoms with van der Waals surface area (Å²) in [6.45, 7) is 4.26. The minimum Gasteiger partial charge on any atom is -0.465 e. The Bertz CT molecular complexity index is 1100. The van der Waals surface area contributed by atoms with Crippen molar-refractivity contribution < 1.29 is 28.7 Å². The van der Waals surface area contributed by atoms with Gasteiger partial charge in [0.15, 0.2) is 5.17 Å². The Kier molecular flexibility index (Phi) is 8.42. The molecule has 9 nitrogen and oxygen atoms in total. The summed E-state index contributed by atoms with van der Waals surface area (Å²) in [5.74, 6) is -1.44. The molecule has 34 heavy (non-hydrogen) atoms. The third-order valence-corrected chi connectivity index (χ3v) is 6.11. The van der Waals surface area contributed by atoms with Crippen molar-refractivity contribution >= 4 is 52.1 Å². The van der Waals surface area contributed by atoms with Crippen LogP contribution < -0.4 is 5.32 Å². The van der Waals surface area contributed by atoms with Gasteiger partial charge >= 0.3 is 11.9 Å². The number of rotatable bonds is 7. The zero-order valence-corrected chi connectivity index (χ0v) is 19.9. The first kappa shape index (κ1) is 25.0. The van der Waals surface area contributed by atoms with Gasteiger partial charge in [-0.2, -0.15) is 0 Å². The molecule has 2 aromatic rings. The summed E-state index contributed by atoms with van der Waals surface area (Å²) in [4.78, 5) is 55.0. The van der Waals surface area contributed by atoms with Gasteiger partial charge in [0, 0.05) is 18.7 Å². The Balaban J connectivity index is 1.74. The summed E-state index contributed by atoms with van der Waals surface area (Å²) < 4.78 is 9.65. The highest BCUT2D eigenvalue weighted by Gasteiger charge is 2.35. The highest BCUT2D eigenvalue weighted by molar-refractivity contribution is 8.15. The van der Waals surface area contributed by atoms with Gasteiger partial charge in [0.25, 0.3) is 0 Å². The monoisotopic (exact) mass is 483 g/mol. The van der Waals surface area contributed by atoms with E-state index in [1.165, 1.54) is 23.8 Å². The molecule has 1 fully saturated rings. The number of hydrogen-bond acceptors (Lipinski definition) is 8. The molecule has 0 bridgehead atoms. The molecule has 1 aliphatic heterocycles. The first-order valence-corrected chi connectivity index (χ1v) is 11.6. The molecule has 3 rings (SSSR count). The third-order valence-electron chi connectivity index (χ3n) is 4.93. The van der Waals surface area contributed by atoms with E-state index in [0.717, 1.165) is 0 Å². The Morgan fingerprint density at radius 2 is 1.65 bits per heavy atom. The molecule has 2 aromatic carbocycles. The van der Waals surface area contributed by atoms with Crippen molar-refractivity contribution in [3.05, 3.63) is 59.7 Å². The van der Waals surface area contributed by atoms with Gasteiger partial charge in [-0.3, -0.25) is 14.5 Å². The third kappa shape index (κ3) is 6.02. The summed E-state index contributed by atoms with van der Waals surface area (Å²) in [6, 6.07) is 12.8. The van der Waals surface area contributed by atoms with Gasteiger partial charge in [-0.15, -0.1) is 0 Å². The number of thioether (sulfide) groups is 1. The quantitative estimate of drug-likeness (QED) is 0.598. The van der Waals surface area contributed by atoms with Gasteiger partial charge in [-0.1, -0.05) is 11.8 Å². The number of amidine groups is 1. The second-order valence-electron chi connectivity index (χ2n) is 7.17. The van der Waals surface area contributed by atoms with Gasteiger partial charge in [0.2, 0.25) is 11.8 Å². The predicted octanol–water partition coefficient (Wildman–Crippen LogP) is 3.63. The van der Waals surface area contributed by atoms with Crippen LogP contribution in [0.4, 0.5) is 11.4 Å². The Morgan fingerprint density at radius 1 is 1.03 bits per heavy atom. The van der Waals surface area contributed by atoms with Crippen molar-refractivity contribution in [2.75, 3.05) is 25.6 Å². The molecule has 1 aliphatic rings. The second-order valence-corrected chi connectivity index (χ2v) is 8.34. The molecule has 0 aromatic heterocycles. The number of nitrogens with one attached hydrogen (secondary N) is 1. The number of ether oxygens (including phenoxy) is 2. The fraction of sp³-hybridized carbons (Fsp3) is 0.292. The molecule has 2 amide bonds. The first-order valence-electron chi connectivity index (χ1n) is 10.7. The first-order chi connectivity index (χ1) is 16.4.